The van der Waals surface area contributed by atoms with Gasteiger partial charge in [0.25, 0.3) is 0 Å². The molecule has 0 spiro atoms. The van der Waals surface area contributed by atoms with Crippen molar-refractivity contribution in [2.45, 2.75) is 44.2 Å². The highest BCUT2D eigenvalue weighted by Crippen LogP contribution is 2.21. The van der Waals surface area contributed by atoms with Crippen molar-refractivity contribution in [1.82, 2.24) is 4.90 Å². The molecule has 0 radical (unpaired) electrons. The smallest absolute Gasteiger partial charge is 0.303 e. The average molecular weight is 384 g/mol. The Bertz CT molecular complexity index is 574. The standard InChI is InChI=1S/C18H25NO4S2/c20-15(13-16-3-1-11-25-16)7-5-14-6-8-17(21)19(14)9-12-24-10-2-4-18(22)23/h1,3,5,7,11,14-15,20H,2,4,6,8-10,12-13H2,(H,22,23)/b7-5+/t14-,15+/m0/s1. The summed E-state index contributed by atoms with van der Waals surface area (Å²) in [5, 5.41) is 20.7. The van der Waals surface area contributed by atoms with Gasteiger partial charge in [0, 0.05) is 36.4 Å². The number of hydrogen-bond acceptors (Lipinski definition) is 5. The molecule has 25 heavy (non-hydrogen) atoms. The summed E-state index contributed by atoms with van der Waals surface area (Å²) in [5.74, 6) is 1.01. The number of aliphatic hydroxyl groups is 1. The van der Waals surface area contributed by atoms with E-state index in [1.54, 1.807) is 29.2 Å². The van der Waals surface area contributed by atoms with Gasteiger partial charge in [0.2, 0.25) is 5.91 Å². The first-order chi connectivity index (χ1) is 12.1. The minimum Gasteiger partial charge on any atom is -0.481 e. The van der Waals surface area contributed by atoms with Gasteiger partial charge in [0.1, 0.15) is 0 Å². The molecule has 0 saturated carbocycles. The highest BCUT2D eigenvalue weighted by Gasteiger charge is 2.28. The molecular weight excluding hydrogens is 358 g/mol. The lowest BCUT2D eigenvalue weighted by Gasteiger charge is -2.22. The summed E-state index contributed by atoms with van der Waals surface area (Å²) in [6.07, 6.45) is 6.05. The zero-order valence-electron chi connectivity index (χ0n) is 14.2. The maximum absolute atomic E-state index is 12.0. The fraction of sp³-hybridized carbons (Fsp3) is 0.556. The third-order valence-corrected chi connectivity index (χ3v) is 6.02. The predicted octanol–water partition coefficient (Wildman–Crippen LogP) is 2.80. The highest BCUT2D eigenvalue weighted by atomic mass is 32.2. The van der Waals surface area contributed by atoms with Crippen LogP contribution in [0.2, 0.25) is 0 Å². The Balaban J connectivity index is 1.72. The molecule has 2 atom stereocenters. The lowest BCUT2D eigenvalue weighted by Crippen LogP contribution is -2.34. The van der Waals surface area contributed by atoms with Crippen LogP contribution >= 0.6 is 23.1 Å². The van der Waals surface area contributed by atoms with Crippen LogP contribution in [0.4, 0.5) is 0 Å². The van der Waals surface area contributed by atoms with E-state index in [1.165, 1.54) is 0 Å². The number of nitrogens with zero attached hydrogens (tertiary/aromatic N) is 1. The van der Waals surface area contributed by atoms with Crippen LogP contribution in [0.3, 0.4) is 0 Å². The van der Waals surface area contributed by atoms with Gasteiger partial charge < -0.3 is 15.1 Å². The number of aliphatic hydroxyl groups excluding tert-OH is 1. The highest BCUT2D eigenvalue weighted by molar-refractivity contribution is 7.99. The van der Waals surface area contributed by atoms with Crippen LogP contribution in [0.5, 0.6) is 0 Å². The molecule has 5 nitrogen and oxygen atoms in total. The largest absolute Gasteiger partial charge is 0.481 e. The van der Waals surface area contributed by atoms with Crippen LogP contribution in [-0.2, 0) is 16.0 Å². The van der Waals surface area contributed by atoms with Crippen molar-refractivity contribution >= 4 is 35.0 Å². The van der Waals surface area contributed by atoms with Gasteiger partial charge in [-0.3, -0.25) is 9.59 Å². The first-order valence-corrected chi connectivity index (χ1v) is 10.6. The molecule has 0 aliphatic carbocycles. The molecule has 138 valence electrons. The van der Waals surface area contributed by atoms with Crippen molar-refractivity contribution in [2.75, 3.05) is 18.1 Å². The predicted molar refractivity (Wildman–Crippen MR) is 102 cm³/mol. The number of carboxylic acids is 1. The van der Waals surface area contributed by atoms with Gasteiger partial charge in [-0.15, -0.1) is 11.3 Å². The summed E-state index contributed by atoms with van der Waals surface area (Å²) in [7, 11) is 0. The van der Waals surface area contributed by atoms with Gasteiger partial charge in [-0.2, -0.15) is 11.8 Å². The summed E-state index contributed by atoms with van der Waals surface area (Å²) >= 11 is 3.32. The molecule has 1 aliphatic rings. The number of amides is 1. The lowest BCUT2D eigenvalue weighted by molar-refractivity contribution is -0.137. The first-order valence-electron chi connectivity index (χ1n) is 8.54. The molecule has 2 heterocycles. The molecular formula is C18H25NO4S2. The van der Waals surface area contributed by atoms with E-state index in [0.717, 1.165) is 22.8 Å². The van der Waals surface area contributed by atoms with E-state index in [9.17, 15) is 14.7 Å². The van der Waals surface area contributed by atoms with Gasteiger partial charge in [0.15, 0.2) is 0 Å². The quantitative estimate of drug-likeness (QED) is 0.454. The number of carboxylic acid groups (broad SMARTS) is 1. The summed E-state index contributed by atoms with van der Waals surface area (Å²) in [6.45, 7) is 0.673. The second kappa shape index (κ2) is 10.6. The van der Waals surface area contributed by atoms with Crippen molar-refractivity contribution in [3.05, 3.63) is 34.5 Å². The fourth-order valence-corrected chi connectivity index (χ4v) is 4.43. The van der Waals surface area contributed by atoms with Crippen LogP contribution in [0, 0.1) is 0 Å². The monoisotopic (exact) mass is 383 g/mol. The van der Waals surface area contributed by atoms with Crippen LogP contribution < -0.4 is 0 Å². The van der Waals surface area contributed by atoms with E-state index in [4.69, 9.17) is 5.11 Å². The maximum Gasteiger partial charge on any atom is 0.303 e. The third-order valence-electron chi connectivity index (χ3n) is 4.08. The molecule has 1 aliphatic heterocycles. The zero-order valence-corrected chi connectivity index (χ0v) is 15.8. The Morgan fingerprint density at radius 2 is 2.32 bits per heavy atom. The SMILES string of the molecule is O=C(O)CCCSCCN1C(=O)CC[C@@H]1/C=C/[C@@H](O)Cc1cccs1. The normalized spacial score (nSPS) is 19.0. The number of carbonyl (C=O) groups excluding carboxylic acids is 1. The molecule has 1 aromatic heterocycles. The molecule has 1 fully saturated rings. The number of thioether (sulfide) groups is 1. The van der Waals surface area contributed by atoms with Gasteiger partial charge in [-0.1, -0.05) is 18.2 Å². The zero-order chi connectivity index (χ0) is 18.1. The van der Waals surface area contributed by atoms with Crippen LogP contribution in [-0.4, -0.2) is 57.2 Å². The number of carbonyl (C=O) groups is 2. The van der Waals surface area contributed by atoms with Crippen molar-refractivity contribution in [2.24, 2.45) is 0 Å². The number of rotatable bonds is 11. The molecule has 1 amide bonds. The van der Waals surface area contributed by atoms with E-state index in [2.05, 4.69) is 0 Å². The molecule has 2 N–H and O–H groups in total. The Morgan fingerprint density at radius 3 is 3.04 bits per heavy atom. The van der Waals surface area contributed by atoms with Crippen LogP contribution in [0.25, 0.3) is 0 Å². The summed E-state index contributed by atoms with van der Waals surface area (Å²) in [5.41, 5.74) is 0. The second-order valence-electron chi connectivity index (χ2n) is 6.04. The Labute approximate surface area is 156 Å². The van der Waals surface area contributed by atoms with Gasteiger partial charge in [-0.05, 0) is 30.0 Å². The molecule has 7 heteroatoms. The molecule has 1 aromatic rings. The minimum absolute atomic E-state index is 0.0603. The van der Waals surface area contributed by atoms with E-state index >= 15 is 0 Å². The summed E-state index contributed by atoms with van der Waals surface area (Å²) in [6, 6.07) is 4.04. The Morgan fingerprint density at radius 1 is 1.48 bits per heavy atom. The second-order valence-corrected chi connectivity index (χ2v) is 8.30. The van der Waals surface area contributed by atoms with E-state index in [1.807, 2.05) is 28.5 Å². The molecule has 0 bridgehead atoms. The molecule has 0 aromatic carbocycles. The van der Waals surface area contributed by atoms with Crippen molar-refractivity contribution < 1.29 is 19.8 Å². The van der Waals surface area contributed by atoms with Crippen molar-refractivity contribution in [3.8, 4) is 0 Å². The first kappa shape index (κ1) is 20.0. The molecule has 0 unspecified atom stereocenters. The summed E-state index contributed by atoms with van der Waals surface area (Å²) in [4.78, 5) is 25.5. The van der Waals surface area contributed by atoms with E-state index < -0.39 is 12.1 Å². The van der Waals surface area contributed by atoms with Crippen LogP contribution in [0.1, 0.15) is 30.6 Å². The Kier molecular flexibility index (Phi) is 8.51. The lowest BCUT2D eigenvalue weighted by atomic mass is 10.1. The van der Waals surface area contributed by atoms with Gasteiger partial charge >= 0.3 is 5.97 Å². The minimum atomic E-state index is -0.762. The maximum atomic E-state index is 12.0. The molecule has 2 rings (SSSR count). The van der Waals surface area contributed by atoms with Gasteiger partial charge in [-0.25, -0.2) is 0 Å². The van der Waals surface area contributed by atoms with Gasteiger partial charge in [0.05, 0.1) is 12.1 Å². The third kappa shape index (κ3) is 7.22. The Hall–Kier alpha value is -1.31. The van der Waals surface area contributed by atoms with E-state index in [-0.39, 0.29) is 18.4 Å². The van der Waals surface area contributed by atoms with E-state index in [0.29, 0.717) is 25.8 Å². The fourth-order valence-electron chi connectivity index (χ4n) is 2.80. The topological polar surface area (TPSA) is 77.8 Å². The van der Waals surface area contributed by atoms with Crippen molar-refractivity contribution in [3.63, 3.8) is 0 Å². The number of thiophene rings is 1. The number of hydrogen-bond donors (Lipinski definition) is 2. The number of aliphatic carboxylic acids is 1. The number of likely N-dealkylation sites (tertiary alicyclic amines) is 1. The molecule has 1 saturated heterocycles. The van der Waals surface area contributed by atoms with Crippen LogP contribution in [0.15, 0.2) is 29.7 Å². The summed E-state index contributed by atoms with van der Waals surface area (Å²) < 4.78 is 0. The van der Waals surface area contributed by atoms with Crippen molar-refractivity contribution in [1.29, 1.82) is 0 Å². The average Bonchev–Trinajstić information content (AvgIpc) is 3.19.